The van der Waals surface area contributed by atoms with Crippen molar-refractivity contribution in [2.24, 2.45) is 0 Å². The van der Waals surface area contributed by atoms with E-state index in [-0.39, 0.29) is 17.1 Å². The molecular formula is C11H12F2O4. The van der Waals surface area contributed by atoms with Crippen LogP contribution in [-0.4, -0.2) is 25.3 Å². The first kappa shape index (κ1) is 13.2. The third-order valence-corrected chi connectivity index (χ3v) is 2.39. The Bertz CT molecular complexity index is 417. The van der Waals surface area contributed by atoms with Crippen LogP contribution in [0.25, 0.3) is 0 Å². The van der Waals surface area contributed by atoms with Crippen LogP contribution in [0.5, 0.6) is 11.5 Å². The second-order valence-corrected chi connectivity index (χ2v) is 3.38. The fourth-order valence-corrected chi connectivity index (χ4v) is 1.53. The molecule has 0 fully saturated rings. The Morgan fingerprint density at radius 1 is 1.24 bits per heavy atom. The molecule has 0 spiro atoms. The lowest BCUT2D eigenvalue weighted by Gasteiger charge is -2.17. The summed E-state index contributed by atoms with van der Waals surface area (Å²) in [5.41, 5.74) is -0.153. The Morgan fingerprint density at radius 3 is 1.94 bits per heavy atom. The molecule has 0 saturated carbocycles. The van der Waals surface area contributed by atoms with Gasteiger partial charge in [-0.15, -0.1) is 0 Å². The number of hydrogen-bond acceptors (Lipinski definition) is 3. The SMILES string of the molecule is COc1c(F)cc(F)c(OC)c1C(C)C(=O)O. The fourth-order valence-electron chi connectivity index (χ4n) is 1.53. The number of benzene rings is 1. The Labute approximate surface area is 96.8 Å². The number of aliphatic carboxylic acids is 1. The van der Waals surface area contributed by atoms with Crippen molar-refractivity contribution >= 4 is 5.97 Å². The van der Waals surface area contributed by atoms with Gasteiger partial charge in [0.15, 0.2) is 23.1 Å². The average molecular weight is 246 g/mol. The first-order valence-electron chi connectivity index (χ1n) is 4.76. The van der Waals surface area contributed by atoms with Gasteiger partial charge in [-0.05, 0) is 6.92 Å². The minimum atomic E-state index is -1.23. The summed E-state index contributed by atoms with van der Waals surface area (Å²) in [5.74, 6) is -4.95. The van der Waals surface area contributed by atoms with Crippen LogP contribution in [-0.2, 0) is 4.79 Å². The van der Waals surface area contributed by atoms with Crippen LogP contribution < -0.4 is 9.47 Å². The number of carbonyl (C=O) groups is 1. The predicted octanol–water partition coefficient (Wildman–Crippen LogP) is 2.17. The first-order valence-corrected chi connectivity index (χ1v) is 4.76. The smallest absolute Gasteiger partial charge is 0.310 e. The summed E-state index contributed by atoms with van der Waals surface area (Å²) in [6.45, 7) is 1.29. The highest BCUT2D eigenvalue weighted by molar-refractivity contribution is 5.78. The molecule has 1 aromatic rings. The van der Waals surface area contributed by atoms with E-state index >= 15 is 0 Å². The number of ether oxygens (including phenoxy) is 2. The third-order valence-electron chi connectivity index (χ3n) is 2.39. The van der Waals surface area contributed by atoms with E-state index in [0.717, 1.165) is 0 Å². The highest BCUT2D eigenvalue weighted by Gasteiger charge is 2.28. The van der Waals surface area contributed by atoms with Gasteiger partial charge in [0.2, 0.25) is 0 Å². The lowest BCUT2D eigenvalue weighted by atomic mass is 9.98. The van der Waals surface area contributed by atoms with Crippen molar-refractivity contribution < 1.29 is 28.2 Å². The van der Waals surface area contributed by atoms with E-state index in [9.17, 15) is 13.6 Å². The number of carboxylic acids is 1. The Kier molecular flexibility index (Phi) is 3.88. The number of hydrogen-bond donors (Lipinski definition) is 1. The van der Waals surface area contributed by atoms with Crippen LogP contribution in [0.2, 0.25) is 0 Å². The molecule has 94 valence electrons. The zero-order chi connectivity index (χ0) is 13.2. The molecule has 1 atom stereocenters. The molecule has 6 heteroatoms. The van der Waals surface area contributed by atoms with Crippen LogP contribution in [0, 0.1) is 11.6 Å². The summed E-state index contributed by atoms with van der Waals surface area (Å²) >= 11 is 0. The summed E-state index contributed by atoms with van der Waals surface area (Å²) in [4.78, 5) is 10.9. The summed E-state index contributed by atoms with van der Waals surface area (Å²) < 4.78 is 36.4. The molecule has 0 aliphatic carbocycles. The number of carboxylic acid groups (broad SMARTS) is 1. The lowest BCUT2D eigenvalue weighted by molar-refractivity contribution is -0.138. The molecule has 0 radical (unpaired) electrons. The maximum Gasteiger partial charge on any atom is 0.310 e. The van der Waals surface area contributed by atoms with Gasteiger partial charge < -0.3 is 14.6 Å². The van der Waals surface area contributed by atoms with E-state index in [4.69, 9.17) is 14.6 Å². The van der Waals surface area contributed by atoms with E-state index in [1.54, 1.807) is 0 Å². The van der Waals surface area contributed by atoms with E-state index in [2.05, 4.69) is 0 Å². The molecule has 0 saturated heterocycles. The maximum absolute atomic E-state index is 13.4. The highest BCUT2D eigenvalue weighted by Crippen LogP contribution is 2.39. The molecule has 0 heterocycles. The zero-order valence-electron chi connectivity index (χ0n) is 9.58. The van der Waals surface area contributed by atoms with Gasteiger partial charge in [-0.2, -0.15) is 0 Å². The van der Waals surface area contributed by atoms with Crippen LogP contribution in [0.15, 0.2) is 6.07 Å². The molecule has 4 nitrogen and oxygen atoms in total. The molecular weight excluding hydrogens is 234 g/mol. The van der Waals surface area contributed by atoms with Crippen molar-refractivity contribution in [3.8, 4) is 11.5 Å². The average Bonchev–Trinajstić information content (AvgIpc) is 2.27. The number of methoxy groups -OCH3 is 2. The third kappa shape index (κ3) is 2.30. The molecule has 0 aliphatic rings. The van der Waals surface area contributed by atoms with Gasteiger partial charge in [0, 0.05) is 6.07 Å². The second-order valence-electron chi connectivity index (χ2n) is 3.38. The Hall–Kier alpha value is -1.85. The molecule has 1 aromatic carbocycles. The minimum absolute atomic E-state index is 0.153. The van der Waals surface area contributed by atoms with E-state index in [0.29, 0.717) is 6.07 Å². The maximum atomic E-state index is 13.4. The van der Waals surface area contributed by atoms with Crippen LogP contribution in [0.4, 0.5) is 8.78 Å². The lowest BCUT2D eigenvalue weighted by Crippen LogP contribution is -2.12. The second kappa shape index (κ2) is 4.99. The number of rotatable bonds is 4. The monoisotopic (exact) mass is 246 g/mol. The summed E-state index contributed by atoms with van der Waals surface area (Å²) in [5, 5.41) is 8.90. The van der Waals surface area contributed by atoms with Crippen LogP contribution in [0.3, 0.4) is 0 Å². The summed E-state index contributed by atoms with van der Waals surface area (Å²) in [6, 6.07) is 0.593. The summed E-state index contributed by atoms with van der Waals surface area (Å²) in [6.07, 6.45) is 0. The fraction of sp³-hybridized carbons (Fsp3) is 0.364. The first-order chi connectivity index (χ1) is 7.93. The largest absolute Gasteiger partial charge is 0.493 e. The topological polar surface area (TPSA) is 55.8 Å². The van der Waals surface area contributed by atoms with Crippen LogP contribution >= 0.6 is 0 Å². The van der Waals surface area contributed by atoms with Gasteiger partial charge >= 0.3 is 5.97 Å². The molecule has 0 amide bonds. The van der Waals surface area contributed by atoms with Crippen molar-refractivity contribution in [2.75, 3.05) is 14.2 Å². The van der Waals surface area contributed by atoms with E-state index < -0.39 is 23.5 Å². The predicted molar refractivity (Wildman–Crippen MR) is 55.5 cm³/mol. The highest BCUT2D eigenvalue weighted by atomic mass is 19.1. The van der Waals surface area contributed by atoms with Gasteiger partial charge in [-0.3, -0.25) is 4.79 Å². The quantitative estimate of drug-likeness (QED) is 0.884. The normalized spacial score (nSPS) is 12.1. The molecule has 1 rings (SSSR count). The Balaban J connectivity index is 3.56. The minimum Gasteiger partial charge on any atom is -0.493 e. The molecule has 17 heavy (non-hydrogen) atoms. The summed E-state index contributed by atoms with van der Waals surface area (Å²) in [7, 11) is 2.35. The number of halogens is 2. The molecule has 0 bridgehead atoms. The van der Waals surface area contributed by atoms with Crippen molar-refractivity contribution in [3.05, 3.63) is 23.3 Å². The van der Waals surface area contributed by atoms with E-state index in [1.807, 2.05) is 0 Å². The molecule has 1 N–H and O–H groups in total. The van der Waals surface area contributed by atoms with Crippen molar-refractivity contribution in [3.63, 3.8) is 0 Å². The molecule has 1 unspecified atom stereocenters. The molecule has 0 aromatic heterocycles. The molecule has 0 aliphatic heterocycles. The van der Waals surface area contributed by atoms with Gasteiger partial charge in [-0.25, -0.2) is 8.78 Å². The van der Waals surface area contributed by atoms with Crippen molar-refractivity contribution in [1.29, 1.82) is 0 Å². The van der Waals surface area contributed by atoms with Crippen LogP contribution in [0.1, 0.15) is 18.4 Å². The Morgan fingerprint density at radius 2 is 1.65 bits per heavy atom. The zero-order valence-corrected chi connectivity index (χ0v) is 9.58. The van der Waals surface area contributed by atoms with Gasteiger partial charge in [0.25, 0.3) is 0 Å². The van der Waals surface area contributed by atoms with Crippen molar-refractivity contribution in [1.82, 2.24) is 0 Å². The van der Waals surface area contributed by atoms with Crippen molar-refractivity contribution in [2.45, 2.75) is 12.8 Å². The van der Waals surface area contributed by atoms with Gasteiger partial charge in [-0.1, -0.05) is 0 Å². The van der Waals surface area contributed by atoms with Gasteiger partial charge in [0.1, 0.15) is 0 Å². The van der Waals surface area contributed by atoms with Gasteiger partial charge in [0.05, 0.1) is 25.7 Å². The standard InChI is InChI=1S/C11H12F2O4/c1-5(11(14)15)8-9(16-2)6(12)4-7(13)10(8)17-3/h4-5H,1-3H3,(H,14,15). The van der Waals surface area contributed by atoms with E-state index in [1.165, 1.54) is 21.1 Å².